The van der Waals surface area contributed by atoms with E-state index in [1.165, 1.54) is 25.4 Å². The van der Waals surface area contributed by atoms with Crippen LogP contribution in [0.2, 0.25) is 0 Å². The molecule has 0 spiro atoms. The molecule has 0 aliphatic carbocycles. The Balaban J connectivity index is 2.26. The summed E-state index contributed by atoms with van der Waals surface area (Å²) in [5.74, 6) is -1.08. The molecule has 22 heavy (non-hydrogen) atoms. The van der Waals surface area contributed by atoms with Crippen LogP contribution < -0.4 is 9.47 Å². The molecule has 0 atom stereocenters. The molecule has 1 heterocycles. The second-order valence-corrected chi connectivity index (χ2v) is 4.21. The summed E-state index contributed by atoms with van der Waals surface area (Å²) in [7, 11) is 1.45. The number of carbonyl (C=O) groups excluding carboxylic acids is 1. The van der Waals surface area contributed by atoms with Gasteiger partial charge in [-0.3, -0.25) is 4.98 Å². The van der Waals surface area contributed by atoms with Gasteiger partial charge in [-0.05, 0) is 35.9 Å². The van der Waals surface area contributed by atoms with Gasteiger partial charge >= 0.3 is 11.9 Å². The van der Waals surface area contributed by atoms with E-state index in [0.717, 1.165) is 6.08 Å². The van der Waals surface area contributed by atoms with E-state index in [1.54, 1.807) is 30.5 Å². The van der Waals surface area contributed by atoms with Crippen LogP contribution in [0, 0.1) is 0 Å². The van der Waals surface area contributed by atoms with Crippen molar-refractivity contribution in [1.82, 2.24) is 4.98 Å². The highest BCUT2D eigenvalue weighted by atomic mass is 16.6. The Morgan fingerprint density at radius 1 is 1.23 bits per heavy atom. The Morgan fingerprint density at radius 2 is 2.05 bits per heavy atom. The van der Waals surface area contributed by atoms with E-state index in [0.29, 0.717) is 16.9 Å². The zero-order valence-corrected chi connectivity index (χ0v) is 11.7. The standard InChI is InChI=1S/C16H13NO5/c1-21-13-6-4-11(5-7-15(18)19)9-14(13)22-16(20)12-3-2-8-17-10-12/h2-10H,1H3,(H,18,19). The van der Waals surface area contributed by atoms with Crippen LogP contribution in [0.4, 0.5) is 0 Å². The first-order valence-electron chi connectivity index (χ1n) is 6.31. The number of hydrogen-bond acceptors (Lipinski definition) is 5. The minimum atomic E-state index is -1.07. The highest BCUT2D eigenvalue weighted by Crippen LogP contribution is 2.29. The summed E-state index contributed by atoms with van der Waals surface area (Å²) in [6, 6.07) is 7.97. The van der Waals surface area contributed by atoms with Crippen molar-refractivity contribution in [3.63, 3.8) is 0 Å². The van der Waals surface area contributed by atoms with Crippen LogP contribution in [0.25, 0.3) is 6.08 Å². The van der Waals surface area contributed by atoms with Crippen molar-refractivity contribution < 1.29 is 24.2 Å². The average Bonchev–Trinajstić information content (AvgIpc) is 2.54. The van der Waals surface area contributed by atoms with Crippen LogP contribution >= 0.6 is 0 Å². The molecular weight excluding hydrogens is 286 g/mol. The van der Waals surface area contributed by atoms with Gasteiger partial charge in [0.1, 0.15) is 0 Å². The molecule has 6 nitrogen and oxygen atoms in total. The minimum absolute atomic E-state index is 0.198. The molecule has 0 aliphatic heterocycles. The van der Waals surface area contributed by atoms with Crippen LogP contribution in [0.15, 0.2) is 48.8 Å². The predicted octanol–water partition coefficient (Wildman–Crippen LogP) is 2.41. The summed E-state index contributed by atoms with van der Waals surface area (Å²) in [5, 5.41) is 8.64. The van der Waals surface area contributed by atoms with Crippen molar-refractivity contribution in [2.24, 2.45) is 0 Å². The molecule has 0 amide bonds. The van der Waals surface area contributed by atoms with Gasteiger partial charge in [-0.2, -0.15) is 0 Å². The van der Waals surface area contributed by atoms with E-state index >= 15 is 0 Å². The van der Waals surface area contributed by atoms with E-state index in [-0.39, 0.29) is 5.75 Å². The van der Waals surface area contributed by atoms with Gasteiger partial charge in [-0.25, -0.2) is 9.59 Å². The second-order valence-electron chi connectivity index (χ2n) is 4.21. The summed E-state index contributed by atoms with van der Waals surface area (Å²) in [6.07, 6.45) is 5.33. The highest BCUT2D eigenvalue weighted by Gasteiger charge is 2.12. The zero-order chi connectivity index (χ0) is 15.9. The normalized spacial score (nSPS) is 10.4. The number of methoxy groups -OCH3 is 1. The molecule has 0 aliphatic rings. The summed E-state index contributed by atoms with van der Waals surface area (Å²) in [5.41, 5.74) is 0.869. The van der Waals surface area contributed by atoms with Crippen molar-refractivity contribution in [2.75, 3.05) is 7.11 Å². The molecule has 1 N–H and O–H groups in total. The van der Waals surface area contributed by atoms with Crippen molar-refractivity contribution in [3.05, 3.63) is 59.9 Å². The number of esters is 1. The maximum Gasteiger partial charge on any atom is 0.345 e. The number of aromatic nitrogens is 1. The summed E-state index contributed by atoms with van der Waals surface area (Å²) < 4.78 is 10.4. The number of benzene rings is 1. The van der Waals surface area contributed by atoms with Gasteiger partial charge in [0.15, 0.2) is 11.5 Å². The molecular formula is C16H13NO5. The number of ether oxygens (including phenoxy) is 2. The van der Waals surface area contributed by atoms with Gasteiger partial charge in [-0.15, -0.1) is 0 Å². The third-order valence-electron chi connectivity index (χ3n) is 2.71. The van der Waals surface area contributed by atoms with Gasteiger partial charge < -0.3 is 14.6 Å². The second kappa shape index (κ2) is 7.03. The fraction of sp³-hybridized carbons (Fsp3) is 0.0625. The Hall–Kier alpha value is -3.15. The van der Waals surface area contributed by atoms with Gasteiger partial charge in [0.25, 0.3) is 0 Å². The van der Waals surface area contributed by atoms with Crippen molar-refractivity contribution in [2.45, 2.75) is 0 Å². The molecule has 2 aromatic rings. The van der Waals surface area contributed by atoms with Gasteiger partial charge in [0.2, 0.25) is 0 Å². The number of aliphatic carboxylic acids is 1. The van der Waals surface area contributed by atoms with Crippen LogP contribution in [0.3, 0.4) is 0 Å². The first kappa shape index (κ1) is 15.2. The summed E-state index contributed by atoms with van der Waals surface area (Å²) in [6.45, 7) is 0. The Morgan fingerprint density at radius 3 is 2.68 bits per heavy atom. The number of nitrogens with zero attached hydrogens (tertiary/aromatic N) is 1. The summed E-state index contributed by atoms with van der Waals surface area (Å²) >= 11 is 0. The van der Waals surface area contributed by atoms with Crippen LogP contribution in [0.5, 0.6) is 11.5 Å². The van der Waals surface area contributed by atoms with E-state index in [2.05, 4.69) is 4.98 Å². The molecule has 0 bridgehead atoms. The molecule has 2 rings (SSSR count). The van der Waals surface area contributed by atoms with Crippen molar-refractivity contribution in [3.8, 4) is 11.5 Å². The van der Waals surface area contributed by atoms with Gasteiger partial charge in [-0.1, -0.05) is 6.07 Å². The topological polar surface area (TPSA) is 85.7 Å². The number of rotatable bonds is 5. The third kappa shape index (κ3) is 3.92. The van der Waals surface area contributed by atoms with E-state index in [4.69, 9.17) is 14.6 Å². The SMILES string of the molecule is COc1ccc(C=CC(=O)O)cc1OC(=O)c1cccnc1. The monoisotopic (exact) mass is 299 g/mol. The molecule has 112 valence electrons. The lowest BCUT2D eigenvalue weighted by molar-refractivity contribution is -0.131. The minimum Gasteiger partial charge on any atom is -0.493 e. The largest absolute Gasteiger partial charge is 0.493 e. The van der Waals surface area contributed by atoms with E-state index in [1.807, 2.05) is 0 Å². The predicted molar refractivity (Wildman–Crippen MR) is 78.9 cm³/mol. The molecule has 1 aromatic heterocycles. The fourth-order valence-electron chi connectivity index (χ4n) is 1.69. The number of carboxylic acids is 1. The average molecular weight is 299 g/mol. The smallest absolute Gasteiger partial charge is 0.345 e. The third-order valence-corrected chi connectivity index (χ3v) is 2.71. The van der Waals surface area contributed by atoms with Crippen molar-refractivity contribution >= 4 is 18.0 Å². The summed E-state index contributed by atoms with van der Waals surface area (Å²) in [4.78, 5) is 26.4. The van der Waals surface area contributed by atoms with Gasteiger partial charge in [0.05, 0.1) is 12.7 Å². The van der Waals surface area contributed by atoms with Crippen molar-refractivity contribution in [1.29, 1.82) is 0 Å². The molecule has 6 heteroatoms. The number of pyridine rings is 1. The quantitative estimate of drug-likeness (QED) is 0.518. The Labute approximate surface area is 126 Å². The van der Waals surface area contributed by atoms with E-state index < -0.39 is 11.9 Å². The molecule has 0 radical (unpaired) electrons. The number of carboxylic acid groups (broad SMARTS) is 1. The highest BCUT2D eigenvalue weighted by molar-refractivity contribution is 5.91. The first-order valence-corrected chi connectivity index (χ1v) is 6.31. The lowest BCUT2D eigenvalue weighted by Gasteiger charge is -2.09. The van der Waals surface area contributed by atoms with Gasteiger partial charge in [0, 0.05) is 18.5 Å². The number of hydrogen-bond donors (Lipinski definition) is 1. The molecule has 0 saturated carbocycles. The molecule has 0 fully saturated rings. The Bertz CT molecular complexity index is 710. The van der Waals surface area contributed by atoms with Crippen LogP contribution in [-0.4, -0.2) is 29.1 Å². The lowest BCUT2D eigenvalue weighted by atomic mass is 10.2. The molecule has 0 unspecified atom stereocenters. The number of carbonyl (C=O) groups is 2. The maximum absolute atomic E-state index is 12.0. The zero-order valence-electron chi connectivity index (χ0n) is 11.7. The Kier molecular flexibility index (Phi) is 4.87. The van der Waals surface area contributed by atoms with Crippen LogP contribution in [-0.2, 0) is 4.79 Å². The fourth-order valence-corrected chi connectivity index (χ4v) is 1.69. The lowest BCUT2D eigenvalue weighted by Crippen LogP contribution is -2.09. The van der Waals surface area contributed by atoms with E-state index in [9.17, 15) is 9.59 Å². The molecule has 0 saturated heterocycles. The van der Waals surface area contributed by atoms with Crippen LogP contribution in [0.1, 0.15) is 15.9 Å². The molecule has 1 aromatic carbocycles. The maximum atomic E-state index is 12.0. The first-order chi connectivity index (χ1) is 10.6.